The third kappa shape index (κ3) is 40.4. The van der Waals surface area contributed by atoms with Crippen molar-refractivity contribution in [3.8, 4) is 34.5 Å². The molecule has 0 saturated carbocycles. The van der Waals surface area contributed by atoms with Gasteiger partial charge in [-0.2, -0.15) is 0 Å². The van der Waals surface area contributed by atoms with E-state index in [1.807, 2.05) is 132 Å². The van der Waals surface area contributed by atoms with Crippen LogP contribution in [0, 0.1) is 6.92 Å². The molecule has 45 heteroatoms. The Kier molecular flexibility index (Phi) is 78.2. The molecule has 0 heterocycles. The Hall–Kier alpha value is 0.771. The van der Waals surface area contributed by atoms with Crippen LogP contribution in [0.5, 0.6) is 34.5 Å². The summed E-state index contributed by atoms with van der Waals surface area (Å²) in [5, 5.41) is 79.2. The van der Waals surface area contributed by atoms with Gasteiger partial charge in [-0.1, -0.05) is 196 Å². The Morgan fingerprint density at radius 1 is 0.298 bits per heavy atom. The number of nitrogens with one attached hydrogen (secondary N) is 4. The fraction of sp³-hybridized carbons (Fsp3) is 0.188. The Labute approximate surface area is 997 Å². The second-order valence-electron chi connectivity index (χ2n) is 18.6. The molecule has 11 rings (SSSR count). The van der Waals surface area contributed by atoms with Gasteiger partial charge in [-0.15, -0.1) is 24.0 Å². The summed E-state index contributed by atoms with van der Waals surface area (Å²) in [4.78, 5) is 107. The number of primary sulfonamides is 3. The molecular weight excluding hydrogens is 2180 g/mol. The van der Waals surface area contributed by atoms with Crippen molar-refractivity contribution in [2.75, 3.05) is 32.7 Å². The summed E-state index contributed by atoms with van der Waals surface area (Å²) in [5.74, 6) is -3.41. The Morgan fingerprint density at radius 3 is 0.772 bits per heavy atom. The van der Waals surface area contributed by atoms with Gasteiger partial charge < -0.3 is 71.9 Å². The van der Waals surface area contributed by atoms with E-state index in [0.29, 0.717) is 11.4 Å². The van der Waals surface area contributed by atoms with Gasteiger partial charge in [0, 0.05) is 11.4 Å². The quantitative estimate of drug-likeness (QED) is 0.0248. The van der Waals surface area contributed by atoms with Crippen molar-refractivity contribution in [2.24, 2.45) is 15.4 Å². The molecule has 0 radical (unpaired) electrons. The maximum absolute atomic E-state index is 11.8. The number of anilines is 10. The number of phenolic OH excluding ortho intramolecular Hbond substituents is 4. The van der Waals surface area contributed by atoms with Crippen LogP contribution in [0.3, 0.4) is 0 Å². The second kappa shape index (κ2) is 67.2. The number of sulfonamides is 3. The molecule has 20 N–H and O–H groups in total. The number of nitrogen functional groups attached to an aromatic ring is 2. The van der Waals surface area contributed by atoms with E-state index in [0.717, 1.165) is 29.4 Å². The molecule has 0 atom stereocenters. The minimum absolute atomic E-state index is 0. The molecule has 11 aromatic rings. The zero-order chi connectivity index (χ0) is 83.5. The van der Waals surface area contributed by atoms with Crippen LogP contribution < -0.4 is 452 Å². The molecule has 0 aliphatic heterocycles. The number of para-hydroxylation sites is 6. The van der Waals surface area contributed by atoms with Crippen LogP contribution >= 0.6 is 70.4 Å². The number of halogens is 5. The summed E-state index contributed by atoms with van der Waals surface area (Å²) in [7, 11) is -12.4. The average Bonchev–Trinajstić information content (AvgIpc) is 0.777. The van der Waals surface area contributed by atoms with Gasteiger partial charge in [-0.25, -0.2) is 40.7 Å². The number of benzene rings is 6. The third-order valence-electron chi connectivity index (χ3n) is 12.1. The van der Waals surface area contributed by atoms with Crippen molar-refractivity contribution in [1.82, 2.24) is 0 Å². The molecule has 0 amide bonds. The zero-order valence-corrected chi connectivity index (χ0v) is 103. The van der Waals surface area contributed by atoms with Crippen molar-refractivity contribution >= 4 is 157 Å². The summed E-state index contributed by atoms with van der Waals surface area (Å²) in [6.45, 7) is 25.8. The van der Waals surface area contributed by atoms with Crippen LogP contribution in [0.15, 0.2) is 196 Å². The molecule has 0 spiro atoms. The third-order valence-corrected chi connectivity index (χ3v) is 16.4. The SMILES string of the molecule is CC.CC.CC.CC.CC.CC.Cc1cccc(N)c1O.I.NS(=O)(=O)c1cccc(Nc2c(Cl)c(=O)c2=O)c1O.NS(=O)(=O)c1cccc(Nc2c(Cl)c(=O)c2=O)c1O.NS(=O)(=O)c1cccc(Nc2c(Nc3ccccc3)c(=O)c2=O)c1O.Nc1ccccc1.O=c1c(Cl)c(Cl)c1=O.O=c1c(O)c(O)c1=O.[H-].[H-].[H-].[H-].[H-].[H-].[Rb+].[Rb+].[Rb+].[Rb+].[Rb+].[Rb+]. The van der Waals surface area contributed by atoms with Gasteiger partial charge in [0.15, 0.2) is 17.2 Å². The Bertz CT molecular complexity index is 5270. The van der Waals surface area contributed by atoms with E-state index in [1.54, 1.807) is 36.4 Å². The van der Waals surface area contributed by atoms with Gasteiger partial charge >= 0.3 is 349 Å². The van der Waals surface area contributed by atoms with Crippen LogP contribution in [0.4, 0.5) is 56.9 Å². The van der Waals surface area contributed by atoms with Gasteiger partial charge in [-0.05, 0) is 79.2 Å². The molecule has 31 nitrogen and oxygen atoms in total. The van der Waals surface area contributed by atoms with Crippen LogP contribution in [0.25, 0.3) is 0 Å². The van der Waals surface area contributed by atoms with E-state index in [9.17, 15) is 88.5 Å². The molecule has 0 unspecified atom stereocenters. The number of aromatic hydroxyl groups is 6. The van der Waals surface area contributed by atoms with E-state index in [4.69, 9.17) is 88.6 Å². The zero-order valence-electron chi connectivity index (χ0n) is 71.9. The van der Waals surface area contributed by atoms with E-state index < -0.39 is 128 Å². The first-order valence-corrected chi connectivity index (χ1v) is 37.5. The van der Waals surface area contributed by atoms with Crippen LogP contribution in [-0.4, -0.2) is 55.9 Å². The minimum Gasteiger partial charge on any atom is -1.00 e. The molecule has 0 bridgehead atoms. The number of hydrogen-bond acceptors (Lipinski definition) is 28. The van der Waals surface area contributed by atoms with Crippen LogP contribution in [0.1, 0.15) is 97.2 Å². The largest absolute Gasteiger partial charge is 1.00 e. The van der Waals surface area contributed by atoms with E-state index in [-0.39, 0.29) is 447 Å². The fourth-order valence-electron chi connectivity index (χ4n) is 7.05. The molecule has 0 fully saturated rings. The molecule has 0 aromatic heterocycles. The molecule has 600 valence electrons. The van der Waals surface area contributed by atoms with Crippen LogP contribution in [-0.2, 0) is 30.1 Å². The molecule has 11 aromatic carbocycles. The van der Waals surface area contributed by atoms with Crippen molar-refractivity contribution in [3.63, 3.8) is 0 Å². The predicted molar refractivity (Wildman–Crippen MR) is 446 cm³/mol. The summed E-state index contributed by atoms with van der Waals surface area (Å²) in [6.07, 6.45) is 0. The number of rotatable bonds is 11. The maximum Gasteiger partial charge on any atom is 1.00 e. The van der Waals surface area contributed by atoms with Gasteiger partial charge in [0.05, 0.1) is 22.7 Å². The Balaban J connectivity index is -0.0000000821. The Morgan fingerprint density at radius 2 is 0.544 bits per heavy atom. The minimum atomic E-state index is -4.14. The first-order chi connectivity index (χ1) is 50.1. The predicted octanol–water partition coefficient (Wildman–Crippen LogP) is -7.50. The van der Waals surface area contributed by atoms with Crippen molar-refractivity contribution in [3.05, 3.63) is 261 Å². The van der Waals surface area contributed by atoms with E-state index in [1.165, 1.54) is 36.4 Å². The van der Waals surface area contributed by atoms with E-state index in [2.05, 4.69) is 21.3 Å². The van der Waals surface area contributed by atoms with E-state index >= 15 is 0 Å². The second-order valence-corrected chi connectivity index (χ2v) is 24.7. The molecule has 114 heavy (non-hydrogen) atoms. The standard InChI is InChI=1S/C16H13N3O5S.2C10H7ClN2O5S.C7H9NO.C6H7N.C4Cl2O2.C4H2O4.6C2H6.HI.6Rb.6H/c17-25(23,24)11-8-4-7-10(14(11)20)19-13-12(15(21)16(13)22)18-9-5-2-1-3-6-9;2*11-6-7(10(16)9(6)15)13-4-2-1-3-5(8(4)14)19(12,17)18;1-5-3-2-4-6(8)7(5)9;7-6-4-2-1-3-5-6;2*5-1-2(6)4(8)3(1)7;6*1-2;;;;;;;;;;;;;/h1-8,18-20H,(H2,17,23,24);2*1-3,13-14H,(H2,12,17,18);2-4,9H,8H2,1H3;1-5H,7H2;;5-6H;6*1-2H3;1H;;;;;;;;;;;;/q;;;;;;;;;;;;;;6*+1;6*-1. The van der Waals surface area contributed by atoms with Crippen molar-refractivity contribution in [2.45, 2.75) is 105 Å². The summed E-state index contributed by atoms with van der Waals surface area (Å²) >= 11 is 21.3. The normalized spacial score (nSPS) is 9.40. The van der Waals surface area contributed by atoms with Gasteiger partial charge in [0.2, 0.25) is 63.3 Å². The van der Waals surface area contributed by atoms with Crippen molar-refractivity contribution < 1.29 is 414 Å². The number of aryl methyl sites for hydroxylation is 1. The summed E-state index contributed by atoms with van der Waals surface area (Å²) < 4.78 is 67.6. The van der Waals surface area contributed by atoms with Gasteiger partial charge in [0.1, 0.15) is 63.3 Å². The number of hydrogen-bond donors (Lipinski definition) is 15. The fourth-order valence-corrected chi connectivity index (χ4v) is 9.77. The number of nitrogens with two attached hydrogens (primary N) is 5. The first kappa shape index (κ1) is 133. The molecule has 0 saturated heterocycles. The van der Waals surface area contributed by atoms with Crippen molar-refractivity contribution in [1.29, 1.82) is 0 Å². The smallest absolute Gasteiger partial charge is 1.00 e. The average molecular weight is 2270 g/mol. The molecular formula is C69H88Cl4IN9O22Rb6S3. The van der Waals surface area contributed by atoms with Gasteiger partial charge in [-0.3, -0.25) is 47.9 Å². The molecule has 0 aliphatic rings. The topological polar surface area (TPSA) is 573 Å². The molecule has 0 aliphatic carbocycles. The maximum atomic E-state index is 11.8. The monoisotopic (exact) mass is 2270 g/mol. The summed E-state index contributed by atoms with van der Waals surface area (Å²) in [5.41, 5.74) is 4.45. The number of phenols is 4. The van der Waals surface area contributed by atoms with Gasteiger partial charge in [0.25, 0.3) is 32.6 Å². The first-order valence-electron chi connectivity index (χ1n) is 31.3. The van der Waals surface area contributed by atoms with Crippen LogP contribution in [0.2, 0.25) is 20.1 Å². The summed E-state index contributed by atoms with van der Waals surface area (Å²) in [6, 6.07) is 34.7.